The van der Waals surface area contributed by atoms with Gasteiger partial charge < -0.3 is 10.1 Å². The Kier molecular flexibility index (Phi) is 4.88. The number of carbonyl (C=O) groups is 1. The summed E-state index contributed by atoms with van der Waals surface area (Å²) in [6, 6.07) is 12.5. The molecule has 3 nitrogen and oxygen atoms in total. The molecule has 0 bridgehead atoms. The van der Waals surface area contributed by atoms with Gasteiger partial charge in [0.1, 0.15) is 5.75 Å². The van der Waals surface area contributed by atoms with Crippen LogP contribution in [0.1, 0.15) is 5.56 Å². The fraction of sp³-hybridized carbons (Fsp3) is 0.133. The summed E-state index contributed by atoms with van der Waals surface area (Å²) < 4.78 is 5.40. The van der Waals surface area contributed by atoms with E-state index in [-0.39, 0.29) is 12.5 Å². The van der Waals surface area contributed by atoms with E-state index in [0.717, 1.165) is 5.56 Å². The summed E-state index contributed by atoms with van der Waals surface area (Å²) in [6.45, 7) is 1.87. The molecule has 5 heteroatoms. The number of anilines is 1. The number of hydrogen-bond acceptors (Lipinski definition) is 2. The van der Waals surface area contributed by atoms with Crippen molar-refractivity contribution in [3.8, 4) is 5.75 Å². The Labute approximate surface area is 127 Å². The van der Waals surface area contributed by atoms with E-state index in [1.165, 1.54) is 0 Å². The summed E-state index contributed by atoms with van der Waals surface area (Å²) in [5, 5.41) is 3.37. The normalized spacial score (nSPS) is 10.2. The molecular formula is C15H13Cl2NO2. The molecule has 0 unspecified atom stereocenters. The fourth-order valence-corrected chi connectivity index (χ4v) is 1.99. The molecule has 0 spiro atoms. The van der Waals surface area contributed by atoms with Crippen LogP contribution in [0.25, 0.3) is 0 Å². The second kappa shape index (κ2) is 6.64. The summed E-state index contributed by atoms with van der Waals surface area (Å²) in [4.78, 5) is 11.8. The summed E-state index contributed by atoms with van der Waals surface area (Å²) in [5.74, 6) is 0.355. The Morgan fingerprint density at radius 1 is 1.20 bits per heavy atom. The number of ether oxygens (including phenoxy) is 1. The van der Waals surface area contributed by atoms with Gasteiger partial charge in [-0.2, -0.15) is 0 Å². The van der Waals surface area contributed by atoms with Crippen LogP contribution in [0, 0.1) is 6.92 Å². The number of nitrogens with one attached hydrogen (secondary N) is 1. The summed E-state index contributed by atoms with van der Waals surface area (Å²) in [6.07, 6.45) is 0. The van der Waals surface area contributed by atoms with Gasteiger partial charge in [-0.15, -0.1) is 0 Å². The number of amides is 1. The number of aryl methyl sites for hydroxylation is 1. The zero-order chi connectivity index (χ0) is 14.5. The number of halogens is 2. The van der Waals surface area contributed by atoms with Crippen LogP contribution in [0.5, 0.6) is 5.75 Å². The third kappa shape index (κ3) is 3.89. The molecule has 0 fully saturated rings. The smallest absolute Gasteiger partial charge is 0.262 e. The van der Waals surface area contributed by atoms with Crippen molar-refractivity contribution in [3.63, 3.8) is 0 Å². The summed E-state index contributed by atoms with van der Waals surface area (Å²) >= 11 is 11.9. The van der Waals surface area contributed by atoms with Crippen molar-refractivity contribution in [3.05, 3.63) is 58.1 Å². The molecule has 2 aromatic carbocycles. The minimum Gasteiger partial charge on any atom is -0.484 e. The Bertz CT molecular complexity index is 629. The molecule has 0 saturated heterocycles. The number of rotatable bonds is 4. The molecule has 0 atom stereocenters. The highest BCUT2D eigenvalue weighted by molar-refractivity contribution is 6.43. The first-order valence-corrected chi connectivity index (χ1v) is 6.75. The molecule has 1 N–H and O–H groups in total. The predicted octanol–water partition coefficient (Wildman–Crippen LogP) is 4.32. The van der Waals surface area contributed by atoms with E-state index >= 15 is 0 Å². The van der Waals surface area contributed by atoms with Gasteiger partial charge in [0.05, 0.1) is 15.7 Å². The standard InChI is InChI=1S/C15H13Cl2NO2/c1-10-4-2-5-11(8-10)20-9-14(19)18-13-7-3-6-12(16)15(13)17/h2-8H,9H2,1H3,(H,18,19). The molecule has 1 amide bonds. The van der Waals surface area contributed by atoms with Gasteiger partial charge in [0, 0.05) is 0 Å². The number of benzene rings is 2. The van der Waals surface area contributed by atoms with Gasteiger partial charge in [-0.3, -0.25) is 4.79 Å². The van der Waals surface area contributed by atoms with Gasteiger partial charge in [0.25, 0.3) is 5.91 Å². The van der Waals surface area contributed by atoms with Gasteiger partial charge in [-0.25, -0.2) is 0 Å². The van der Waals surface area contributed by atoms with Crippen LogP contribution in [0.3, 0.4) is 0 Å². The van der Waals surface area contributed by atoms with Crippen LogP contribution in [0.4, 0.5) is 5.69 Å². The van der Waals surface area contributed by atoms with E-state index in [9.17, 15) is 4.79 Å². The van der Waals surface area contributed by atoms with Gasteiger partial charge in [-0.1, -0.05) is 41.4 Å². The first-order valence-electron chi connectivity index (χ1n) is 5.99. The average molecular weight is 310 g/mol. The van der Waals surface area contributed by atoms with Crippen molar-refractivity contribution in [2.24, 2.45) is 0 Å². The van der Waals surface area contributed by atoms with Crippen molar-refractivity contribution < 1.29 is 9.53 Å². The van der Waals surface area contributed by atoms with Crippen LogP contribution < -0.4 is 10.1 Å². The zero-order valence-corrected chi connectivity index (χ0v) is 12.3. The summed E-state index contributed by atoms with van der Waals surface area (Å²) in [7, 11) is 0. The molecule has 0 aliphatic carbocycles. The van der Waals surface area contributed by atoms with Crippen LogP contribution >= 0.6 is 23.2 Å². The second-order valence-electron chi connectivity index (χ2n) is 4.25. The first kappa shape index (κ1) is 14.7. The molecule has 2 aromatic rings. The monoisotopic (exact) mass is 309 g/mol. The lowest BCUT2D eigenvalue weighted by Gasteiger charge is -2.09. The van der Waals surface area contributed by atoms with Crippen molar-refractivity contribution in [2.45, 2.75) is 6.92 Å². The minimum atomic E-state index is -0.296. The molecule has 20 heavy (non-hydrogen) atoms. The molecule has 104 valence electrons. The lowest BCUT2D eigenvalue weighted by Crippen LogP contribution is -2.20. The Morgan fingerprint density at radius 3 is 2.70 bits per heavy atom. The maximum Gasteiger partial charge on any atom is 0.262 e. The van der Waals surface area contributed by atoms with E-state index in [1.807, 2.05) is 25.1 Å². The van der Waals surface area contributed by atoms with Gasteiger partial charge in [0.2, 0.25) is 0 Å². The van der Waals surface area contributed by atoms with Crippen molar-refractivity contribution in [2.75, 3.05) is 11.9 Å². The van der Waals surface area contributed by atoms with E-state index in [2.05, 4.69) is 5.32 Å². The first-order chi connectivity index (χ1) is 9.56. The van der Waals surface area contributed by atoms with E-state index < -0.39 is 0 Å². The highest BCUT2D eigenvalue weighted by atomic mass is 35.5. The second-order valence-corrected chi connectivity index (χ2v) is 5.04. The fourth-order valence-electron chi connectivity index (χ4n) is 1.64. The number of hydrogen-bond donors (Lipinski definition) is 1. The van der Waals surface area contributed by atoms with Gasteiger partial charge in [-0.05, 0) is 36.8 Å². The topological polar surface area (TPSA) is 38.3 Å². The van der Waals surface area contributed by atoms with Gasteiger partial charge in [0.15, 0.2) is 6.61 Å². The molecule has 2 rings (SSSR count). The Morgan fingerprint density at radius 2 is 1.95 bits per heavy atom. The van der Waals surface area contributed by atoms with Crippen molar-refractivity contribution >= 4 is 34.8 Å². The average Bonchev–Trinajstić information content (AvgIpc) is 2.42. The van der Waals surface area contributed by atoms with Crippen LogP contribution in [0.2, 0.25) is 10.0 Å². The molecule has 0 radical (unpaired) electrons. The zero-order valence-electron chi connectivity index (χ0n) is 10.8. The SMILES string of the molecule is Cc1cccc(OCC(=O)Nc2cccc(Cl)c2Cl)c1. The van der Waals surface area contributed by atoms with E-state index in [1.54, 1.807) is 24.3 Å². The molecule has 0 aliphatic rings. The third-order valence-electron chi connectivity index (χ3n) is 2.59. The van der Waals surface area contributed by atoms with Crippen LogP contribution in [-0.2, 0) is 4.79 Å². The Hall–Kier alpha value is -1.71. The number of carbonyl (C=O) groups excluding carboxylic acids is 1. The lowest BCUT2D eigenvalue weighted by atomic mass is 10.2. The van der Waals surface area contributed by atoms with Crippen LogP contribution in [0.15, 0.2) is 42.5 Å². The minimum absolute atomic E-state index is 0.0910. The van der Waals surface area contributed by atoms with Crippen LogP contribution in [-0.4, -0.2) is 12.5 Å². The van der Waals surface area contributed by atoms with Gasteiger partial charge >= 0.3 is 0 Å². The predicted molar refractivity (Wildman–Crippen MR) is 81.8 cm³/mol. The third-order valence-corrected chi connectivity index (χ3v) is 3.40. The lowest BCUT2D eigenvalue weighted by molar-refractivity contribution is -0.118. The van der Waals surface area contributed by atoms with Crippen molar-refractivity contribution in [1.29, 1.82) is 0 Å². The maximum atomic E-state index is 11.8. The highest BCUT2D eigenvalue weighted by Crippen LogP contribution is 2.29. The Balaban J connectivity index is 1.94. The molecular weight excluding hydrogens is 297 g/mol. The highest BCUT2D eigenvalue weighted by Gasteiger charge is 2.08. The molecule has 0 aromatic heterocycles. The maximum absolute atomic E-state index is 11.8. The molecule has 0 heterocycles. The largest absolute Gasteiger partial charge is 0.484 e. The van der Waals surface area contributed by atoms with E-state index in [4.69, 9.17) is 27.9 Å². The summed E-state index contributed by atoms with van der Waals surface area (Å²) in [5.41, 5.74) is 1.54. The van der Waals surface area contributed by atoms with Crippen molar-refractivity contribution in [1.82, 2.24) is 0 Å². The van der Waals surface area contributed by atoms with E-state index in [0.29, 0.717) is 21.5 Å². The molecule has 0 saturated carbocycles. The quantitative estimate of drug-likeness (QED) is 0.913. The molecule has 0 aliphatic heterocycles.